The zero-order valence-electron chi connectivity index (χ0n) is 13.9. The molecule has 0 saturated carbocycles. The molecule has 2 aromatic carbocycles. The average molecular weight is 356 g/mol. The van der Waals surface area contributed by atoms with Crippen molar-refractivity contribution in [3.8, 4) is 0 Å². The van der Waals surface area contributed by atoms with Crippen molar-refractivity contribution in [3.05, 3.63) is 76.0 Å². The smallest absolute Gasteiger partial charge is 0.319 e. The molecule has 2 aromatic rings. The van der Waals surface area contributed by atoms with Gasteiger partial charge >= 0.3 is 6.03 Å². The van der Waals surface area contributed by atoms with Crippen molar-refractivity contribution in [2.45, 2.75) is 19.9 Å². The summed E-state index contributed by atoms with van der Waals surface area (Å²) in [6.45, 7) is 3.66. The number of benzene rings is 2. The standard InChI is InChI=1S/C19H18ClN3O2/c1-11-7-3-4-8-13(11)17-16(12(2)21-19(25)23-17)18(24)22-15-10-6-5-9-14(15)20/h3-10,17H,1-2H3,(H,22,24)(H2,21,23,25). The summed E-state index contributed by atoms with van der Waals surface area (Å²) in [6, 6.07) is 13.8. The van der Waals surface area contributed by atoms with Crippen molar-refractivity contribution in [1.29, 1.82) is 0 Å². The first-order chi connectivity index (χ1) is 12.0. The fourth-order valence-corrected chi connectivity index (χ4v) is 3.07. The van der Waals surface area contributed by atoms with E-state index >= 15 is 0 Å². The number of carbonyl (C=O) groups excluding carboxylic acids is 2. The fourth-order valence-electron chi connectivity index (χ4n) is 2.89. The second-order valence-electron chi connectivity index (χ2n) is 5.86. The molecule has 0 spiro atoms. The molecule has 0 saturated heterocycles. The van der Waals surface area contributed by atoms with Crippen LogP contribution in [0.4, 0.5) is 10.5 Å². The SMILES string of the molecule is CC1=C(C(=O)Nc2ccccc2Cl)C(c2ccccc2C)NC(=O)N1. The number of halogens is 1. The summed E-state index contributed by atoms with van der Waals surface area (Å²) in [7, 11) is 0. The van der Waals surface area contributed by atoms with Crippen LogP contribution in [0.1, 0.15) is 24.1 Å². The highest BCUT2D eigenvalue weighted by Gasteiger charge is 2.32. The van der Waals surface area contributed by atoms with Crippen LogP contribution >= 0.6 is 11.6 Å². The van der Waals surface area contributed by atoms with Gasteiger partial charge in [0.25, 0.3) is 5.91 Å². The zero-order valence-corrected chi connectivity index (χ0v) is 14.6. The van der Waals surface area contributed by atoms with Gasteiger partial charge in [-0.15, -0.1) is 0 Å². The summed E-state index contributed by atoms with van der Waals surface area (Å²) in [5.74, 6) is -0.314. The molecule has 5 nitrogen and oxygen atoms in total. The minimum absolute atomic E-state index is 0.314. The predicted molar refractivity (Wildman–Crippen MR) is 98.4 cm³/mol. The number of anilines is 1. The first-order valence-electron chi connectivity index (χ1n) is 7.87. The molecule has 0 bridgehead atoms. The molecular weight excluding hydrogens is 338 g/mol. The van der Waals surface area contributed by atoms with Gasteiger partial charge in [-0.25, -0.2) is 4.79 Å². The van der Waals surface area contributed by atoms with E-state index in [1.807, 2.05) is 31.2 Å². The van der Waals surface area contributed by atoms with Crippen molar-refractivity contribution < 1.29 is 9.59 Å². The molecule has 6 heteroatoms. The highest BCUT2D eigenvalue weighted by Crippen LogP contribution is 2.30. The van der Waals surface area contributed by atoms with Crippen LogP contribution in [-0.2, 0) is 4.79 Å². The summed E-state index contributed by atoms with van der Waals surface area (Å²) in [6.07, 6.45) is 0. The van der Waals surface area contributed by atoms with Crippen LogP contribution in [0.15, 0.2) is 59.8 Å². The second kappa shape index (κ2) is 6.99. The monoisotopic (exact) mass is 355 g/mol. The highest BCUT2D eigenvalue weighted by molar-refractivity contribution is 6.33. The maximum Gasteiger partial charge on any atom is 0.319 e. The van der Waals surface area contributed by atoms with E-state index in [2.05, 4.69) is 16.0 Å². The number of carbonyl (C=O) groups is 2. The maximum absolute atomic E-state index is 12.9. The lowest BCUT2D eigenvalue weighted by atomic mass is 9.92. The Kier molecular flexibility index (Phi) is 4.76. The van der Waals surface area contributed by atoms with Crippen molar-refractivity contribution in [1.82, 2.24) is 10.6 Å². The number of aryl methyl sites for hydroxylation is 1. The van der Waals surface area contributed by atoms with Gasteiger partial charge in [0.1, 0.15) is 0 Å². The van der Waals surface area contributed by atoms with E-state index in [9.17, 15) is 9.59 Å². The van der Waals surface area contributed by atoms with Gasteiger partial charge in [-0.1, -0.05) is 48.0 Å². The Morgan fingerprint density at radius 3 is 2.48 bits per heavy atom. The summed E-state index contributed by atoms with van der Waals surface area (Å²) in [5, 5.41) is 8.78. The minimum Gasteiger partial charge on any atom is -0.327 e. The second-order valence-corrected chi connectivity index (χ2v) is 6.27. The fraction of sp³-hybridized carbons (Fsp3) is 0.158. The van der Waals surface area contributed by atoms with Crippen LogP contribution in [0.5, 0.6) is 0 Å². The maximum atomic E-state index is 12.9. The topological polar surface area (TPSA) is 70.2 Å². The molecule has 1 aliphatic heterocycles. The third kappa shape index (κ3) is 3.51. The van der Waals surface area contributed by atoms with Crippen LogP contribution in [0.25, 0.3) is 0 Å². The minimum atomic E-state index is -0.530. The number of para-hydroxylation sites is 1. The number of nitrogens with one attached hydrogen (secondary N) is 3. The van der Waals surface area contributed by atoms with E-state index in [0.29, 0.717) is 22.0 Å². The summed E-state index contributed by atoms with van der Waals surface area (Å²) in [5.41, 5.74) is 3.36. The van der Waals surface area contributed by atoms with Crippen LogP contribution < -0.4 is 16.0 Å². The van der Waals surface area contributed by atoms with Gasteiger partial charge in [-0.3, -0.25) is 4.79 Å². The Balaban J connectivity index is 1.99. The van der Waals surface area contributed by atoms with Crippen LogP contribution in [0.3, 0.4) is 0 Å². The molecule has 1 aliphatic rings. The van der Waals surface area contributed by atoms with Crippen LogP contribution in [0, 0.1) is 6.92 Å². The van der Waals surface area contributed by atoms with Crippen LogP contribution in [-0.4, -0.2) is 11.9 Å². The number of hydrogen-bond donors (Lipinski definition) is 3. The molecule has 1 heterocycles. The lowest BCUT2D eigenvalue weighted by molar-refractivity contribution is -0.113. The molecule has 0 fully saturated rings. The third-order valence-corrected chi connectivity index (χ3v) is 4.46. The molecule has 0 aromatic heterocycles. The van der Waals surface area contributed by atoms with Crippen molar-refractivity contribution in [3.63, 3.8) is 0 Å². The van der Waals surface area contributed by atoms with Crippen LogP contribution in [0.2, 0.25) is 5.02 Å². The number of allylic oxidation sites excluding steroid dienone is 1. The molecule has 25 heavy (non-hydrogen) atoms. The van der Waals surface area contributed by atoms with E-state index < -0.39 is 6.04 Å². The third-order valence-electron chi connectivity index (χ3n) is 4.14. The number of rotatable bonds is 3. The lowest BCUT2D eigenvalue weighted by Gasteiger charge is -2.29. The van der Waals surface area contributed by atoms with E-state index in [-0.39, 0.29) is 11.9 Å². The van der Waals surface area contributed by atoms with Gasteiger partial charge in [0, 0.05) is 5.70 Å². The average Bonchev–Trinajstić information content (AvgIpc) is 2.56. The van der Waals surface area contributed by atoms with Crippen molar-refractivity contribution >= 4 is 29.2 Å². The molecule has 3 rings (SSSR count). The van der Waals surface area contributed by atoms with Gasteiger partial charge in [0.05, 0.1) is 22.3 Å². The van der Waals surface area contributed by atoms with E-state index in [4.69, 9.17) is 11.6 Å². The molecule has 0 aliphatic carbocycles. The quantitative estimate of drug-likeness (QED) is 0.781. The molecule has 1 atom stereocenters. The Morgan fingerprint density at radius 1 is 1.08 bits per heavy atom. The van der Waals surface area contributed by atoms with Gasteiger partial charge in [0.2, 0.25) is 0 Å². The molecule has 3 N–H and O–H groups in total. The van der Waals surface area contributed by atoms with Gasteiger partial charge in [-0.2, -0.15) is 0 Å². The summed E-state index contributed by atoms with van der Waals surface area (Å²) < 4.78 is 0. The zero-order chi connectivity index (χ0) is 18.0. The molecule has 0 radical (unpaired) electrons. The summed E-state index contributed by atoms with van der Waals surface area (Å²) in [4.78, 5) is 24.9. The van der Waals surface area contributed by atoms with Gasteiger partial charge < -0.3 is 16.0 Å². The molecule has 1 unspecified atom stereocenters. The Labute approximate surface area is 151 Å². The van der Waals surface area contributed by atoms with Gasteiger partial charge in [0.15, 0.2) is 0 Å². The van der Waals surface area contributed by atoms with Crippen molar-refractivity contribution in [2.75, 3.05) is 5.32 Å². The molecular formula is C19H18ClN3O2. The Hall–Kier alpha value is -2.79. The number of amides is 3. The lowest BCUT2D eigenvalue weighted by Crippen LogP contribution is -2.46. The number of urea groups is 1. The Morgan fingerprint density at radius 2 is 1.76 bits per heavy atom. The van der Waals surface area contributed by atoms with E-state index in [1.54, 1.807) is 31.2 Å². The summed E-state index contributed by atoms with van der Waals surface area (Å²) >= 11 is 6.13. The van der Waals surface area contributed by atoms with Crippen molar-refractivity contribution in [2.24, 2.45) is 0 Å². The molecule has 3 amide bonds. The first kappa shape index (κ1) is 17.0. The molecule has 128 valence electrons. The first-order valence-corrected chi connectivity index (χ1v) is 8.25. The van der Waals surface area contributed by atoms with Gasteiger partial charge in [-0.05, 0) is 37.1 Å². The van der Waals surface area contributed by atoms with E-state index in [1.165, 1.54) is 0 Å². The largest absolute Gasteiger partial charge is 0.327 e. The normalized spacial score (nSPS) is 16.9. The van der Waals surface area contributed by atoms with E-state index in [0.717, 1.165) is 11.1 Å². The Bertz CT molecular complexity index is 876. The predicted octanol–water partition coefficient (Wildman–Crippen LogP) is 3.92. The highest BCUT2D eigenvalue weighted by atomic mass is 35.5. The number of hydrogen-bond acceptors (Lipinski definition) is 2.